The van der Waals surface area contributed by atoms with Gasteiger partial charge in [0, 0.05) is 31.7 Å². The summed E-state index contributed by atoms with van der Waals surface area (Å²) >= 11 is 0. The summed E-state index contributed by atoms with van der Waals surface area (Å²) in [5.74, 6) is 0. The summed E-state index contributed by atoms with van der Waals surface area (Å²) in [6, 6.07) is 0. The highest BCUT2D eigenvalue weighted by Crippen LogP contribution is 2.45. The van der Waals surface area contributed by atoms with Crippen LogP contribution in [0.15, 0.2) is 0 Å². The zero-order valence-electron chi connectivity index (χ0n) is 10.6. The zero-order valence-corrected chi connectivity index (χ0v) is 10.6. The van der Waals surface area contributed by atoms with E-state index in [1.165, 1.54) is 51.9 Å². The lowest BCUT2D eigenvalue weighted by Gasteiger charge is -2.44. The number of hydrogen-bond donors (Lipinski definition) is 1. The van der Waals surface area contributed by atoms with Gasteiger partial charge in [0.1, 0.15) is 0 Å². The van der Waals surface area contributed by atoms with E-state index in [4.69, 9.17) is 0 Å². The first-order valence-corrected chi connectivity index (χ1v) is 6.59. The maximum Gasteiger partial charge on any atom is 0.0304 e. The van der Waals surface area contributed by atoms with Gasteiger partial charge in [-0.25, -0.2) is 0 Å². The second kappa shape index (κ2) is 4.06. The molecule has 0 unspecified atom stereocenters. The third kappa shape index (κ3) is 2.54. The van der Waals surface area contributed by atoms with Crippen LogP contribution in [-0.2, 0) is 0 Å². The van der Waals surface area contributed by atoms with Crippen molar-refractivity contribution < 1.29 is 0 Å². The fourth-order valence-electron chi connectivity index (χ4n) is 2.81. The molecule has 1 heterocycles. The first-order chi connectivity index (χ1) is 7.11. The molecule has 0 aromatic rings. The molecule has 0 radical (unpaired) electrons. The van der Waals surface area contributed by atoms with Gasteiger partial charge in [0.15, 0.2) is 0 Å². The minimum absolute atomic E-state index is 0.406. The zero-order chi connectivity index (χ0) is 10.9. The van der Waals surface area contributed by atoms with Crippen molar-refractivity contribution in [2.24, 2.45) is 5.41 Å². The van der Waals surface area contributed by atoms with Crippen LogP contribution in [0.2, 0.25) is 0 Å². The first-order valence-electron chi connectivity index (χ1n) is 6.59. The molecule has 1 saturated carbocycles. The van der Waals surface area contributed by atoms with Crippen LogP contribution in [0.25, 0.3) is 0 Å². The Morgan fingerprint density at radius 1 is 1.20 bits per heavy atom. The van der Waals surface area contributed by atoms with E-state index >= 15 is 0 Å². The van der Waals surface area contributed by atoms with E-state index in [0.29, 0.717) is 11.0 Å². The second-order valence-corrected chi connectivity index (χ2v) is 5.94. The van der Waals surface area contributed by atoms with Crippen molar-refractivity contribution in [3.05, 3.63) is 0 Å². The van der Waals surface area contributed by atoms with Gasteiger partial charge in [-0.15, -0.1) is 0 Å². The summed E-state index contributed by atoms with van der Waals surface area (Å²) < 4.78 is 0. The second-order valence-electron chi connectivity index (χ2n) is 5.94. The van der Waals surface area contributed by atoms with E-state index in [1.54, 1.807) is 0 Å². The van der Waals surface area contributed by atoms with Gasteiger partial charge in [0.05, 0.1) is 0 Å². The van der Waals surface area contributed by atoms with Gasteiger partial charge >= 0.3 is 0 Å². The molecule has 2 nitrogen and oxygen atoms in total. The molecule has 88 valence electrons. The molecular weight excluding hydrogens is 184 g/mol. The lowest BCUT2D eigenvalue weighted by molar-refractivity contribution is 0.107. The lowest BCUT2D eigenvalue weighted by Crippen LogP contribution is -2.60. The van der Waals surface area contributed by atoms with Gasteiger partial charge < -0.3 is 5.32 Å². The summed E-state index contributed by atoms with van der Waals surface area (Å²) in [4.78, 5) is 2.69. The number of hydrogen-bond acceptors (Lipinski definition) is 2. The van der Waals surface area contributed by atoms with Crippen molar-refractivity contribution in [1.29, 1.82) is 0 Å². The summed E-state index contributed by atoms with van der Waals surface area (Å²) in [6.07, 6.45) is 5.41. The van der Waals surface area contributed by atoms with Crippen LogP contribution >= 0.6 is 0 Å². The van der Waals surface area contributed by atoms with Crippen LogP contribution in [0, 0.1) is 5.41 Å². The monoisotopic (exact) mass is 210 g/mol. The van der Waals surface area contributed by atoms with Crippen LogP contribution in [0.5, 0.6) is 0 Å². The molecule has 0 aromatic heterocycles. The predicted octanol–water partition coefficient (Wildman–Crippen LogP) is 2.25. The van der Waals surface area contributed by atoms with Gasteiger partial charge in [0.2, 0.25) is 0 Å². The lowest BCUT2D eigenvalue weighted by atomic mass is 9.89. The fraction of sp³-hybridized carbons (Fsp3) is 1.00. The summed E-state index contributed by atoms with van der Waals surface area (Å²) in [5.41, 5.74) is 1.08. The summed E-state index contributed by atoms with van der Waals surface area (Å²) in [6.45, 7) is 12.1. The average Bonchev–Trinajstić information content (AvgIpc) is 2.96. The Morgan fingerprint density at radius 3 is 2.40 bits per heavy atom. The smallest absolute Gasteiger partial charge is 0.0304 e. The highest BCUT2D eigenvalue weighted by atomic mass is 15.2. The van der Waals surface area contributed by atoms with E-state index in [0.717, 1.165) is 0 Å². The van der Waals surface area contributed by atoms with Crippen LogP contribution in [0.1, 0.15) is 46.5 Å². The minimum Gasteiger partial charge on any atom is -0.309 e. The van der Waals surface area contributed by atoms with E-state index in [2.05, 4.69) is 31.0 Å². The number of nitrogens with one attached hydrogen (secondary N) is 1. The Morgan fingerprint density at radius 2 is 1.87 bits per heavy atom. The summed E-state index contributed by atoms with van der Waals surface area (Å²) in [7, 11) is 0. The SMILES string of the molecule is CCC1(CC)CN(CC2(C)CC2)CCN1. The Bertz CT molecular complexity index is 217. The molecular formula is C13H26N2. The van der Waals surface area contributed by atoms with Gasteiger partial charge in [-0.3, -0.25) is 4.90 Å². The molecule has 0 spiro atoms. The normalized spacial score (nSPS) is 29.0. The maximum atomic E-state index is 3.73. The molecule has 1 saturated heterocycles. The Kier molecular flexibility index (Phi) is 3.09. The fourth-order valence-corrected chi connectivity index (χ4v) is 2.81. The molecule has 2 aliphatic rings. The molecule has 2 rings (SSSR count). The molecule has 1 aliphatic heterocycles. The molecule has 1 aliphatic carbocycles. The van der Waals surface area contributed by atoms with Crippen molar-refractivity contribution in [3.63, 3.8) is 0 Å². The largest absolute Gasteiger partial charge is 0.309 e. The molecule has 0 aromatic carbocycles. The number of nitrogens with zero attached hydrogens (tertiary/aromatic N) is 1. The van der Waals surface area contributed by atoms with Crippen LogP contribution in [0.3, 0.4) is 0 Å². The van der Waals surface area contributed by atoms with Crippen LogP contribution in [0.4, 0.5) is 0 Å². The summed E-state index contributed by atoms with van der Waals surface area (Å²) in [5, 5.41) is 3.73. The quantitative estimate of drug-likeness (QED) is 0.765. The van der Waals surface area contributed by atoms with Crippen molar-refractivity contribution >= 4 is 0 Å². The minimum atomic E-state index is 0.406. The van der Waals surface area contributed by atoms with Gasteiger partial charge in [-0.1, -0.05) is 20.8 Å². The van der Waals surface area contributed by atoms with E-state index < -0.39 is 0 Å². The first kappa shape index (κ1) is 11.4. The molecule has 2 fully saturated rings. The predicted molar refractivity (Wildman–Crippen MR) is 65.1 cm³/mol. The third-order valence-electron chi connectivity index (χ3n) is 4.52. The molecule has 2 heteroatoms. The molecule has 0 amide bonds. The standard InChI is InChI=1S/C13H26N2/c1-4-13(5-2)11-15(9-8-14-13)10-12(3)6-7-12/h14H,4-11H2,1-3H3. The van der Waals surface area contributed by atoms with Crippen LogP contribution < -0.4 is 5.32 Å². The van der Waals surface area contributed by atoms with Crippen molar-refractivity contribution in [3.8, 4) is 0 Å². The maximum absolute atomic E-state index is 3.73. The molecule has 15 heavy (non-hydrogen) atoms. The average molecular weight is 210 g/mol. The molecule has 0 atom stereocenters. The van der Waals surface area contributed by atoms with E-state index in [9.17, 15) is 0 Å². The van der Waals surface area contributed by atoms with Crippen molar-refractivity contribution in [2.45, 2.75) is 52.0 Å². The topological polar surface area (TPSA) is 15.3 Å². The van der Waals surface area contributed by atoms with Crippen molar-refractivity contribution in [2.75, 3.05) is 26.2 Å². The number of rotatable bonds is 4. The van der Waals surface area contributed by atoms with E-state index in [1.807, 2.05) is 0 Å². The van der Waals surface area contributed by atoms with Crippen LogP contribution in [-0.4, -0.2) is 36.6 Å². The molecule has 0 bridgehead atoms. The van der Waals surface area contributed by atoms with E-state index in [-0.39, 0.29) is 0 Å². The Labute approximate surface area is 94.4 Å². The van der Waals surface area contributed by atoms with Gasteiger partial charge in [0.25, 0.3) is 0 Å². The third-order valence-corrected chi connectivity index (χ3v) is 4.52. The van der Waals surface area contributed by atoms with Crippen molar-refractivity contribution in [1.82, 2.24) is 10.2 Å². The molecule has 1 N–H and O–H groups in total. The van der Waals surface area contributed by atoms with Gasteiger partial charge in [-0.2, -0.15) is 0 Å². The highest BCUT2D eigenvalue weighted by Gasteiger charge is 2.41. The Hall–Kier alpha value is -0.0800. The Balaban J connectivity index is 1.91. The van der Waals surface area contributed by atoms with Gasteiger partial charge in [-0.05, 0) is 31.1 Å². The number of piperazine rings is 1. The highest BCUT2D eigenvalue weighted by molar-refractivity contribution is 4.97.